The third-order valence-corrected chi connectivity index (χ3v) is 2.78. The summed E-state index contributed by atoms with van der Waals surface area (Å²) in [6.45, 7) is 2.31. The van der Waals surface area contributed by atoms with Crippen molar-refractivity contribution in [2.75, 3.05) is 25.0 Å². The first kappa shape index (κ1) is 15.9. The van der Waals surface area contributed by atoms with Gasteiger partial charge < -0.3 is 15.3 Å². The molecule has 0 saturated carbocycles. The van der Waals surface area contributed by atoms with E-state index in [2.05, 4.69) is 5.32 Å². The molecule has 1 rings (SSSR count). The molecule has 0 aliphatic heterocycles. The van der Waals surface area contributed by atoms with Crippen LogP contribution in [0.3, 0.4) is 0 Å². The van der Waals surface area contributed by atoms with Crippen molar-refractivity contribution in [1.82, 2.24) is 5.32 Å². The van der Waals surface area contributed by atoms with Gasteiger partial charge in [-0.2, -0.15) is 0 Å². The Labute approximate surface area is 117 Å². The molecule has 0 unspecified atom stereocenters. The smallest absolute Gasteiger partial charge is 0.292 e. The normalized spacial score (nSPS) is 10.2. The molecule has 0 atom stereocenters. The summed E-state index contributed by atoms with van der Waals surface area (Å²) in [5, 5.41) is 22.8. The van der Waals surface area contributed by atoms with Crippen molar-refractivity contribution < 1.29 is 14.8 Å². The molecule has 0 spiro atoms. The molecule has 0 aromatic heterocycles. The second-order valence-corrected chi connectivity index (χ2v) is 4.44. The lowest BCUT2D eigenvalue weighted by molar-refractivity contribution is -0.384. The first-order chi connectivity index (χ1) is 9.49. The van der Waals surface area contributed by atoms with Gasteiger partial charge in [-0.1, -0.05) is 13.0 Å². The maximum Gasteiger partial charge on any atom is 0.292 e. The number of aliphatic hydroxyl groups is 1. The molecule has 0 aliphatic rings. The van der Waals surface area contributed by atoms with E-state index in [4.69, 9.17) is 5.11 Å². The first-order valence-corrected chi connectivity index (χ1v) is 6.35. The summed E-state index contributed by atoms with van der Waals surface area (Å²) in [6.07, 6.45) is 0.834. The number of nitro benzene ring substituents is 1. The van der Waals surface area contributed by atoms with Gasteiger partial charge in [0.15, 0.2) is 0 Å². The lowest BCUT2D eigenvalue weighted by atomic mass is 10.1. The van der Waals surface area contributed by atoms with Gasteiger partial charge in [0, 0.05) is 19.7 Å². The van der Waals surface area contributed by atoms with Crippen molar-refractivity contribution in [3.63, 3.8) is 0 Å². The van der Waals surface area contributed by atoms with Crippen LogP contribution in [0.1, 0.15) is 18.9 Å². The zero-order valence-corrected chi connectivity index (χ0v) is 11.6. The summed E-state index contributed by atoms with van der Waals surface area (Å²) in [4.78, 5) is 23.7. The Morgan fingerprint density at radius 1 is 1.50 bits per heavy atom. The fourth-order valence-electron chi connectivity index (χ4n) is 1.76. The highest BCUT2D eigenvalue weighted by Crippen LogP contribution is 2.28. The number of hydrogen-bond acceptors (Lipinski definition) is 5. The zero-order chi connectivity index (χ0) is 15.1. The number of nitrogens with zero attached hydrogens (tertiary/aromatic N) is 2. The Morgan fingerprint density at radius 2 is 2.20 bits per heavy atom. The van der Waals surface area contributed by atoms with Gasteiger partial charge >= 0.3 is 0 Å². The fourth-order valence-corrected chi connectivity index (χ4v) is 1.76. The van der Waals surface area contributed by atoms with Gasteiger partial charge in [0.2, 0.25) is 5.91 Å². The van der Waals surface area contributed by atoms with Crippen LogP contribution in [0.15, 0.2) is 18.2 Å². The van der Waals surface area contributed by atoms with E-state index in [-0.39, 0.29) is 24.7 Å². The van der Waals surface area contributed by atoms with E-state index < -0.39 is 4.92 Å². The number of anilines is 1. The Morgan fingerprint density at radius 3 is 2.75 bits per heavy atom. The van der Waals surface area contributed by atoms with Crippen LogP contribution >= 0.6 is 0 Å². The molecule has 0 saturated heterocycles. The Balaban J connectivity index is 2.89. The summed E-state index contributed by atoms with van der Waals surface area (Å²) in [5.41, 5.74) is 0.686. The Hall–Kier alpha value is -2.15. The van der Waals surface area contributed by atoms with Crippen LogP contribution < -0.4 is 10.2 Å². The molecule has 20 heavy (non-hydrogen) atoms. The largest absolute Gasteiger partial charge is 0.392 e. The van der Waals surface area contributed by atoms with E-state index in [9.17, 15) is 14.9 Å². The number of likely N-dealkylation sites (N-methyl/N-ethyl adjacent to an activating group) is 1. The van der Waals surface area contributed by atoms with E-state index in [0.717, 1.165) is 6.42 Å². The lowest BCUT2D eigenvalue weighted by Gasteiger charge is -2.19. The summed E-state index contributed by atoms with van der Waals surface area (Å²) in [6, 6.07) is 4.45. The molecule has 0 aliphatic carbocycles. The minimum Gasteiger partial charge on any atom is -0.392 e. The molecule has 7 heteroatoms. The standard InChI is InChI=1S/C13H19N3O4/c1-3-6-14-13(18)8-15(2)11-5-4-10(9-17)7-12(11)16(19)20/h4-5,7,17H,3,6,8-9H2,1-2H3,(H,14,18). The molecule has 0 heterocycles. The Bertz CT molecular complexity index is 491. The third-order valence-electron chi connectivity index (χ3n) is 2.78. The second-order valence-electron chi connectivity index (χ2n) is 4.44. The van der Waals surface area contributed by atoms with Crippen LogP contribution in [0.5, 0.6) is 0 Å². The molecule has 0 fully saturated rings. The van der Waals surface area contributed by atoms with Crippen molar-refractivity contribution in [3.05, 3.63) is 33.9 Å². The van der Waals surface area contributed by atoms with Crippen molar-refractivity contribution in [2.45, 2.75) is 20.0 Å². The number of amides is 1. The number of benzene rings is 1. The van der Waals surface area contributed by atoms with Gasteiger partial charge in [0.05, 0.1) is 18.1 Å². The van der Waals surface area contributed by atoms with Crippen molar-refractivity contribution in [3.8, 4) is 0 Å². The van der Waals surface area contributed by atoms with Gasteiger partial charge in [-0.25, -0.2) is 0 Å². The number of aliphatic hydroxyl groups excluding tert-OH is 1. The van der Waals surface area contributed by atoms with E-state index in [1.807, 2.05) is 6.92 Å². The van der Waals surface area contributed by atoms with Crippen LogP contribution in [0, 0.1) is 10.1 Å². The molecule has 110 valence electrons. The van der Waals surface area contributed by atoms with Crippen LogP contribution in [-0.4, -0.2) is 36.1 Å². The fraction of sp³-hybridized carbons (Fsp3) is 0.462. The van der Waals surface area contributed by atoms with Crippen LogP contribution in [0.4, 0.5) is 11.4 Å². The average Bonchev–Trinajstić information content (AvgIpc) is 2.44. The van der Waals surface area contributed by atoms with Gasteiger partial charge in [-0.05, 0) is 18.1 Å². The molecule has 0 radical (unpaired) electrons. The highest BCUT2D eigenvalue weighted by molar-refractivity contribution is 5.82. The number of carbonyl (C=O) groups is 1. The van der Waals surface area contributed by atoms with E-state index in [0.29, 0.717) is 17.8 Å². The van der Waals surface area contributed by atoms with E-state index in [1.54, 1.807) is 13.1 Å². The van der Waals surface area contributed by atoms with Crippen LogP contribution in [-0.2, 0) is 11.4 Å². The topological polar surface area (TPSA) is 95.7 Å². The number of hydrogen-bond donors (Lipinski definition) is 2. The van der Waals surface area contributed by atoms with Crippen LogP contribution in [0.2, 0.25) is 0 Å². The average molecular weight is 281 g/mol. The van der Waals surface area contributed by atoms with E-state index >= 15 is 0 Å². The molecular weight excluding hydrogens is 262 g/mol. The summed E-state index contributed by atoms with van der Waals surface area (Å²) < 4.78 is 0. The van der Waals surface area contributed by atoms with E-state index in [1.165, 1.54) is 17.0 Å². The van der Waals surface area contributed by atoms with Crippen molar-refractivity contribution >= 4 is 17.3 Å². The number of rotatable bonds is 7. The molecule has 0 bridgehead atoms. The minimum atomic E-state index is -0.519. The van der Waals surface area contributed by atoms with Crippen molar-refractivity contribution in [1.29, 1.82) is 0 Å². The summed E-state index contributed by atoms with van der Waals surface area (Å²) in [7, 11) is 1.62. The van der Waals surface area contributed by atoms with Gasteiger partial charge in [0.1, 0.15) is 5.69 Å². The summed E-state index contributed by atoms with van der Waals surface area (Å²) in [5.74, 6) is -0.185. The minimum absolute atomic E-state index is 0.0410. The third kappa shape index (κ3) is 4.20. The SMILES string of the molecule is CCCNC(=O)CN(C)c1ccc(CO)cc1[N+](=O)[O-]. The number of nitro groups is 1. The predicted molar refractivity (Wildman–Crippen MR) is 75.6 cm³/mol. The molecule has 7 nitrogen and oxygen atoms in total. The number of carbonyl (C=O) groups excluding carboxylic acids is 1. The lowest BCUT2D eigenvalue weighted by Crippen LogP contribution is -2.35. The zero-order valence-electron chi connectivity index (χ0n) is 11.6. The van der Waals surface area contributed by atoms with Gasteiger partial charge in [0.25, 0.3) is 5.69 Å². The maximum absolute atomic E-state index is 11.6. The Kier molecular flexibility index (Phi) is 5.92. The van der Waals surface area contributed by atoms with Gasteiger partial charge in [-0.15, -0.1) is 0 Å². The monoisotopic (exact) mass is 281 g/mol. The maximum atomic E-state index is 11.6. The number of nitrogens with one attached hydrogen (secondary N) is 1. The molecule has 1 amide bonds. The highest BCUT2D eigenvalue weighted by atomic mass is 16.6. The molecule has 1 aromatic carbocycles. The quantitative estimate of drug-likeness (QED) is 0.575. The molecule has 1 aromatic rings. The van der Waals surface area contributed by atoms with Crippen LogP contribution in [0.25, 0.3) is 0 Å². The first-order valence-electron chi connectivity index (χ1n) is 6.35. The molecular formula is C13H19N3O4. The second kappa shape index (κ2) is 7.44. The van der Waals surface area contributed by atoms with Gasteiger partial charge in [-0.3, -0.25) is 14.9 Å². The predicted octanol–water partition coefficient (Wildman–Crippen LogP) is 1.05. The van der Waals surface area contributed by atoms with Crippen molar-refractivity contribution in [2.24, 2.45) is 0 Å². The molecule has 2 N–H and O–H groups in total. The highest BCUT2D eigenvalue weighted by Gasteiger charge is 2.19. The summed E-state index contributed by atoms with van der Waals surface area (Å²) >= 11 is 0.